The minimum atomic E-state index is -0.920. The molecule has 2 atom stereocenters. The van der Waals surface area contributed by atoms with Gasteiger partial charge < -0.3 is 19.9 Å². The number of carbonyl (C=O) groups is 2. The van der Waals surface area contributed by atoms with Gasteiger partial charge in [-0.25, -0.2) is 23.4 Å². The normalized spacial score (nSPS) is 17.2. The van der Waals surface area contributed by atoms with E-state index in [9.17, 15) is 18.4 Å². The van der Waals surface area contributed by atoms with Crippen molar-refractivity contribution < 1.29 is 23.1 Å². The highest BCUT2D eigenvalue weighted by Crippen LogP contribution is 2.35. The average Bonchev–Trinajstić information content (AvgIpc) is 3.15. The smallest absolute Gasteiger partial charge is 0.328 e. The molecule has 0 saturated heterocycles. The zero-order valence-corrected chi connectivity index (χ0v) is 15.8. The van der Waals surface area contributed by atoms with Gasteiger partial charge in [-0.2, -0.15) is 0 Å². The first-order valence-corrected chi connectivity index (χ1v) is 8.95. The molecule has 150 valence electrons. The molecule has 1 aromatic heterocycles. The quantitative estimate of drug-likeness (QED) is 0.783. The summed E-state index contributed by atoms with van der Waals surface area (Å²) in [4.78, 5) is 33.6. The monoisotopic (exact) mass is 392 g/mol. The average molecular weight is 392 g/mol. The van der Waals surface area contributed by atoms with Crippen LogP contribution in [0, 0.1) is 17.6 Å². The lowest BCUT2D eigenvalue weighted by molar-refractivity contribution is -0.144. The van der Waals surface area contributed by atoms with Crippen molar-refractivity contribution in [3.8, 4) is 0 Å². The maximum atomic E-state index is 14.5. The molecule has 9 heteroatoms. The first-order chi connectivity index (χ1) is 13.3. The fraction of sp³-hybridized carbons (Fsp3) is 0.421. The molecule has 3 rings (SSSR count). The number of hydrogen-bond acceptors (Lipinski definition) is 4. The predicted molar refractivity (Wildman–Crippen MR) is 96.4 cm³/mol. The van der Waals surface area contributed by atoms with E-state index in [1.54, 1.807) is 13.8 Å². The minimum Gasteiger partial charge on any atom is -0.467 e. The molecule has 0 bridgehead atoms. The van der Waals surface area contributed by atoms with Gasteiger partial charge in [-0.05, 0) is 24.1 Å². The van der Waals surface area contributed by atoms with Crippen molar-refractivity contribution in [1.82, 2.24) is 20.2 Å². The van der Waals surface area contributed by atoms with Gasteiger partial charge in [-0.15, -0.1) is 0 Å². The van der Waals surface area contributed by atoms with Crippen LogP contribution in [0.25, 0.3) is 0 Å². The Morgan fingerprint density at radius 3 is 2.79 bits per heavy atom. The summed E-state index contributed by atoms with van der Waals surface area (Å²) in [6.07, 6.45) is 1.93. The number of urea groups is 1. The maximum absolute atomic E-state index is 14.5. The fourth-order valence-electron chi connectivity index (χ4n) is 3.38. The largest absolute Gasteiger partial charge is 0.467 e. The Balaban J connectivity index is 1.98. The highest BCUT2D eigenvalue weighted by atomic mass is 19.1. The number of imidazole rings is 1. The Labute approximate surface area is 161 Å². The number of H-pyrrole nitrogens is 1. The van der Waals surface area contributed by atoms with Gasteiger partial charge in [0, 0.05) is 24.2 Å². The number of aromatic amines is 1. The van der Waals surface area contributed by atoms with Gasteiger partial charge in [-0.1, -0.05) is 13.8 Å². The van der Waals surface area contributed by atoms with Crippen molar-refractivity contribution in [1.29, 1.82) is 0 Å². The molecule has 0 spiro atoms. The van der Waals surface area contributed by atoms with Crippen molar-refractivity contribution in [2.24, 2.45) is 5.92 Å². The number of halogens is 2. The van der Waals surface area contributed by atoms with Gasteiger partial charge in [0.2, 0.25) is 0 Å². The van der Waals surface area contributed by atoms with Crippen LogP contribution in [0.3, 0.4) is 0 Å². The Kier molecular flexibility index (Phi) is 5.62. The maximum Gasteiger partial charge on any atom is 0.328 e. The van der Waals surface area contributed by atoms with E-state index in [4.69, 9.17) is 4.74 Å². The number of aromatic nitrogens is 2. The summed E-state index contributed by atoms with van der Waals surface area (Å²) in [6.45, 7) is 3.79. The number of ether oxygens (including phenoxy) is 1. The third-order valence-electron chi connectivity index (χ3n) is 4.84. The molecule has 2 amide bonds. The van der Waals surface area contributed by atoms with E-state index in [-0.39, 0.29) is 18.0 Å². The molecule has 0 aliphatic carbocycles. The molecule has 1 aliphatic heterocycles. The number of amides is 2. The Bertz CT molecular complexity index is 884. The number of rotatable bonds is 4. The molecule has 1 unspecified atom stereocenters. The molecular formula is C19H22F2N4O3. The summed E-state index contributed by atoms with van der Waals surface area (Å²) >= 11 is 0. The number of nitrogens with one attached hydrogen (secondary N) is 2. The highest BCUT2D eigenvalue weighted by Gasteiger charge is 2.37. The number of nitrogens with zero attached hydrogens (tertiary/aromatic N) is 2. The fourth-order valence-corrected chi connectivity index (χ4v) is 3.38. The lowest BCUT2D eigenvalue weighted by atomic mass is 9.95. The van der Waals surface area contributed by atoms with Crippen LogP contribution in [0.5, 0.6) is 0 Å². The molecule has 28 heavy (non-hydrogen) atoms. The summed E-state index contributed by atoms with van der Waals surface area (Å²) < 4.78 is 33.1. The topological polar surface area (TPSA) is 87.3 Å². The van der Waals surface area contributed by atoms with Crippen molar-refractivity contribution in [2.75, 3.05) is 13.7 Å². The summed E-state index contributed by atoms with van der Waals surface area (Å²) in [5, 5.41) is 2.65. The van der Waals surface area contributed by atoms with Crippen LogP contribution in [0.1, 0.15) is 36.8 Å². The molecule has 0 saturated carbocycles. The number of methoxy groups -OCH3 is 1. The molecule has 1 aliphatic rings. The summed E-state index contributed by atoms with van der Waals surface area (Å²) in [5.74, 6) is -2.05. The van der Waals surface area contributed by atoms with Crippen molar-refractivity contribution in [3.63, 3.8) is 0 Å². The number of benzene rings is 1. The predicted octanol–water partition coefficient (Wildman–Crippen LogP) is 2.54. The van der Waals surface area contributed by atoms with Crippen LogP contribution in [-0.2, 0) is 16.0 Å². The van der Waals surface area contributed by atoms with Crippen LogP contribution >= 0.6 is 0 Å². The third-order valence-corrected chi connectivity index (χ3v) is 4.84. The molecule has 2 N–H and O–H groups in total. The standard InChI is InChI=1S/C19H22F2N4O3/c1-10(2)15(18(26)28-3)24-19(27)25-7-6-14-16(23-9-22-14)17(25)12-8-11(20)4-5-13(12)21/h4-5,8-10,15,17H,6-7H2,1-3H3,(H,22,23)(H,24,27)/t15-,17?/m0/s1. The van der Waals surface area contributed by atoms with Crippen LogP contribution in [0.2, 0.25) is 0 Å². The Morgan fingerprint density at radius 2 is 2.11 bits per heavy atom. The lowest BCUT2D eigenvalue weighted by Crippen LogP contribution is -2.53. The van der Waals surface area contributed by atoms with E-state index in [1.807, 2.05) is 0 Å². The molecule has 1 aromatic carbocycles. The van der Waals surface area contributed by atoms with Crippen molar-refractivity contribution >= 4 is 12.0 Å². The molecule has 2 aromatic rings. The van der Waals surface area contributed by atoms with Gasteiger partial charge in [0.05, 0.1) is 19.1 Å². The van der Waals surface area contributed by atoms with Crippen LogP contribution in [0.15, 0.2) is 24.5 Å². The molecule has 0 radical (unpaired) electrons. The second kappa shape index (κ2) is 7.95. The van der Waals surface area contributed by atoms with Crippen molar-refractivity contribution in [2.45, 2.75) is 32.4 Å². The Morgan fingerprint density at radius 1 is 1.36 bits per heavy atom. The molecule has 0 fully saturated rings. The van der Waals surface area contributed by atoms with E-state index in [0.717, 1.165) is 23.9 Å². The lowest BCUT2D eigenvalue weighted by Gasteiger charge is -2.36. The zero-order valence-electron chi connectivity index (χ0n) is 15.8. The Hall–Kier alpha value is -2.97. The van der Waals surface area contributed by atoms with E-state index >= 15 is 0 Å². The number of esters is 1. The van der Waals surface area contributed by atoms with Crippen LogP contribution in [0.4, 0.5) is 13.6 Å². The van der Waals surface area contributed by atoms with Gasteiger partial charge in [0.15, 0.2) is 0 Å². The summed E-state index contributed by atoms with van der Waals surface area (Å²) in [7, 11) is 1.24. The minimum absolute atomic E-state index is 0.00219. The number of fused-ring (bicyclic) bond motifs is 1. The SMILES string of the molecule is COC(=O)[C@@H](NC(=O)N1CCc2[nH]cnc2C1c1cc(F)ccc1F)C(C)C. The van der Waals surface area contributed by atoms with Crippen molar-refractivity contribution in [3.05, 3.63) is 53.1 Å². The highest BCUT2D eigenvalue weighted by molar-refractivity contribution is 5.84. The first kappa shape index (κ1) is 19.8. The van der Waals surface area contributed by atoms with Gasteiger partial charge in [0.25, 0.3) is 0 Å². The van der Waals surface area contributed by atoms with Crippen LogP contribution in [-0.4, -0.2) is 46.6 Å². The number of hydrogen-bond donors (Lipinski definition) is 2. The van der Waals surface area contributed by atoms with Gasteiger partial charge in [0.1, 0.15) is 23.7 Å². The first-order valence-electron chi connectivity index (χ1n) is 8.95. The van der Waals surface area contributed by atoms with Crippen LogP contribution < -0.4 is 5.32 Å². The molecule has 2 heterocycles. The van der Waals surface area contributed by atoms with E-state index in [1.165, 1.54) is 18.3 Å². The van der Waals surface area contributed by atoms with E-state index < -0.39 is 35.7 Å². The summed E-state index contributed by atoms with van der Waals surface area (Å²) in [5.41, 5.74) is 1.21. The van der Waals surface area contributed by atoms with E-state index in [2.05, 4.69) is 15.3 Å². The second-order valence-corrected chi connectivity index (χ2v) is 6.97. The zero-order chi connectivity index (χ0) is 20.4. The van der Waals surface area contributed by atoms with E-state index in [0.29, 0.717) is 12.1 Å². The summed E-state index contributed by atoms with van der Waals surface area (Å²) in [6, 6.07) is 0.736. The molecular weight excluding hydrogens is 370 g/mol. The second-order valence-electron chi connectivity index (χ2n) is 6.97. The van der Waals surface area contributed by atoms with Gasteiger partial charge in [-0.3, -0.25) is 0 Å². The molecule has 7 nitrogen and oxygen atoms in total. The van der Waals surface area contributed by atoms with Gasteiger partial charge >= 0.3 is 12.0 Å². The number of carbonyl (C=O) groups excluding carboxylic acids is 2. The third kappa shape index (κ3) is 3.69.